The number of nitrogens with zero attached hydrogens (tertiary/aromatic N) is 2. The number of imidazole rings is 1. The first-order valence-electron chi connectivity index (χ1n) is 7.33. The number of aromatic nitrogens is 2. The van der Waals surface area contributed by atoms with Gasteiger partial charge in [0.05, 0.1) is 16.6 Å². The van der Waals surface area contributed by atoms with Crippen LogP contribution in [0.3, 0.4) is 0 Å². The predicted octanol–water partition coefficient (Wildman–Crippen LogP) is 1.98. The fourth-order valence-electron chi connectivity index (χ4n) is 2.72. The van der Waals surface area contributed by atoms with Crippen molar-refractivity contribution in [1.82, 2.24) is 14.9 Å². The Morgan fingerprint density at radius 3 is 2.71 bits per heavy atom. The number of benzene rings is 1. The van der Waals surface area contributed by atoms with Gasteiger partial charge in [-0.3, -0.25) is 4.79 Å². The molecule has 0 fully saturated rings. The smallest absolute Gasteiger partial charge is 0.237 e. The van der Waals surface area contributed by atoms with Crippen LogP contribution in [0.2, 0.25) is 0 Å². The van der Waals surface area contributed by atoms with Gasteiger partial charge in [0.25, 0.3) is 0 Å². The quantitative estimate of drug-likeness (QED) is 0.853. The molecule has 21 heavy (non-hydrogen) atoms. The molecule has 5 heteroatoms. The summed E-state index contributed by atoms with van der Waals surface area (Å²) in [5.74, 6) is 0.630. The minimum atomic E-state index is -0.716. The Kier molecular flexibility index (Phi) is 4.32. The number of nitrogens with one attached hydrogen (secondary N) is 1. The summed E-state index contributed by atoms with van der Waals surface area (Å²) in [5, 5.41) is 3.28. The van der Waals surface area contributed by atoms with E-state index < -0.39 is 5.54 Å². The number of carbonyl (C=O) groups excluding carboxylic acids is 1. The van der Waals surface area contributed by atoms with Crippen molar-refractivity contribution in [3.05, 3.63) is 30.1 Å². The first-order valence-corrected chi connectivity index (χ1v) is 7.33. The average molecular weight is 288 g/mol. The minimum Gasteiger partial charge on any atom is -0.368 e. The van der Waals surface area contributed by atoms with Crippen molar-refractivity contribution in [2.75, 3.05) is 0 Å². The fraction of sp³-hybridized carbons (Fsp3) is 0.500. The Bertz CT molecular complexity index is 647. The lowest BCUT2D eigenvalue weighted by atomic mass is 9.95. The summed E-state index contributed by atoms with van der Waals surface area (Å²) in [5.41, 5.74) is 6.94. The maximum Gasteiger partial charge on any atom is 0.237 e. The molecule has 0 bridgehead atoms. The van der Waals surface area contributed by atoms with E-state index in [-0.39, 0.29) is 11.9 Å². The number of rotatable bonds is 6. The summed E-state index contributed by atoms with van der Waals surface area (Å²) in [6, 6.07) is 8.22. The van der Waals surface area contributed by atoms with Gasteiger partial charge in [0.1, 0.15) is 5.82 Å². The molecule has 0 aliphatic carbocycles. The summed E-state index contributed by atoms with van der Waals surface area (Å²) in [6.07, 6.45) is 0.627. The van der Waals surface area contributed by atoms with Crippen LogP contribution in [0.25, 0.3) is 11.0 Å². The summed E-state index contributed by atoms with van der Waals surface area (Å²) in [6.45, 7) is 8.57. The van der Waals surface area contributed by atoms with Gasteiger partial charge in [0, 0.05) is 12.6 Å². The lowest BCUT2D eigenvalue weighted by molar-refractivity contribution is -0.124. The molecule has 2 aromatic rings. The Labute approximate surface area is 125 Å². The Balaban J connectivity index is 2.24. The van der Waals surface area contributed by atoms with Crippen LogP contribution in [0, 0.1) is 6.92 Å². The highest BCUT2D eigenvalue weighted by Gasteiger charge is 2.31. The van der Waals surface area contributed by atoms with Gasteiger partial charge < -0.3 is 15.6 Å². The summed E-state index contributed by atoms with van der Waals surface area (Å²) in [4.78, 5) is 16.3. The molecule has 3 N–H and O–H groups in total. The van der Waals surface area contributed by atoms with E-state index in [0.717, 1.165) is 16.9 Å². The number of amides is 1. The van der Waals surface area contributed by atoms with Gasteiger partial charge in [-0.25, -0.2) is 4.98 Å². The molecule has 0 radical (unpaired) electrons. The normalized spacial score (nSPS) is 14.5. The Hall–Kier alpha value is -1.88. The van der Waals surface area contributed by atoms with E-state index in [2.05, 4.69) is 14.9 Å². The molecular formula is C16H24N4O. The molecule has 0 aliphatic rings. The van der Waals surface area contributed by atoms with Crippen molar-refractivity contribution in [3.8, 4) is 0 Å². The second kappa shape index (κ2) is 5.85. The van der Waals surface area contributed by atoms with Crippen molar-refractivity contribution in [2.45, 2.75) is 52.2 Å². The topological polar surface area (TPSA) is 72.9 Å². The van der Waals surface area contributed by atoms with Gasteiger partial charge in [-0.15, -0.1) is 0 Å². The number of primary amides is 1. The monoisotopic (exact) mass is 288 g/mol. The van der Waals surface area contributed by atoms with E-state index in [1.165, 1.54) is 0 Å². The van der Waals surface area contributed by atoms with Crippen LogP contribution < -0.4 is 11.1 Å². The SMILES string of the molecule is Cc1nc2ccccc2n1CCC(C)(NC(C)C)C(N)=O. The van der Waals surface area contributed by atoms with Crippen LogP contribution in [0.4, 0.5) is 0 Å². The summed E-state index contributed by atoms with van der Waals surface area (Å²) >= 11 is 0. The summed E-state index contributed by atoms with van der Waals surface area (Å²) in [7, 11) is 0. The number of hydrogen-bond donors (Lipinski definition) is 2. The van der Waals surface area contributed by atoms with Gasteiger partial charge in [-0.1, -0.05) is 12.1 Å². The molecule has 1 unspecified atom stereocenters. The van der Waals surface area contributed by atoms with E-state index in [1.54, 1.807) is 0 Å². The number of para-hydroxylation sites is 2. The zero-order chi connectivity index (χ0) is 15.6. The Morgan fingerprint density at radius 2 is 2.10 bits per heavy atom. The lowest BCUT2D eigenvalue weighted by Crippen LogP contribution is -2.55. The van der Waals surface area contributed by atoms with Crippen LogP contribution in [0.5, 0.6) is 0 Å². The van der Waals surface area contributed by atoms with Crippen molar-refractivity contribution in [3.63, 3.8) is 0 Å². The zero-order valence-electron chi connectivity index (χ0n) is 13.2. The van der Waals surface area contributed by atoms with E-state index in [4.69, 9.17) is 5.73 Å². The number of fused-ring (bicyclic) bond motifs is 1. The van der Waals surface area contributed by atoms with E-state index >= 15 is 0 Å². The minimum absolute atomic E-state index is 0.197. The number of hydrogen-bond acceptors (Lipinski definition) is 3. The van der Waals surface area contributed by atoms with Gasteiger partial charge in [-0.2, -0.15) is 0 Å². The second-order valence-electron chi connectivity index (χ2n) is 6.04. The van der Waals surface area contributed by atoms with Crippen molar-refractivity contribution in [1.29, 1.82) is 0 Å². The van der Waals surface area contributed by atoms with Crippen molar-refractivity contribution < 1.29 is 4.79 Å². The van der Waals surface area contributed by atoms with Crippen molar-refractivity contribution >= 4 is 16.9 Å². The third kappa shape index (κ3) is 3.24. The predicted molar refractivity (Wildman–Crippen MR) is 85.0 cm³/mol. The maximum absolute atomic E-state index is 11.8. The molecule has 1 atom stereocenters. The van der Waals surface area contributed by atoms with Crippen LogP contribution in [0.15, 0.2) is 24.3 Å². The molecule has 1 aromatic carbocycles. The lowest BCUT2D eigenvalue weighted by Gasteiger charge is -2.30. The van der Waals surface area contributed by atoms with Gasteiger partial charge in [0.15, 0.2) is 0 Å². The Morgan fingerprint density at radius 1 is 1.43 bits per heavy atom. The molecule has 0 saturated carbocycles. The number of carbonyl (C=O) groups is 1. The van der Waals surface area contributed by atoms with Crippen LogP contribution in [0.1, 0.15) is 33.0 Å². The van der Waals surface area contributed by atoms with Crippen molar-refractivity contribution in [2.24, 2.45) is 5.73 Å². The van der Waals surface area contributed by atoms with Gasteiger partial charge >= 0.3 is 0 Å². The fourth-order valence-corrected chi connectivity index (χ4v) is 2.72. The molecule has 0 saturated heterocycles. The van der Waals surface area contributed by atoms with E-state index in [9.17, 15) is 4.79 Å². The molecule has 1 amide bonds. The first-order chi connectivity index (χ1) is 9.83. The standard InChI is InChI=1S/C16H24N4O/c1-11(2)19-16(4,15(17)21)9-10-20-12(3)18-13-7-5-6-8-14(13)20/h5-8,11,19H,9-10H2,1-4H3,(H2,17,21). The molecular weight excluding hydrogens is 264 g/mol. The van der Waals surface area contributed by atoms with Crippen LogP contribution in [-0.2, 0) is 11.3 Å². The summed E-state index contributed by atoms with van der Waals surface area (Å²) < 4.78 is 2.14. The van der Waals surface area contributed by atoms with Crippen LogP contribution >= 0.6 is 0 Å². The molecule has 5 nitrogen and oxygen atoms in total. The van der Waals surface area contributed by atoms with Gasteiger partial charge in [-0.05, 0) is 46.2 Å². The molecule has 114 valence electrons. The highest BCUT2D eigenvalue weighted by atomic mass is 16.1. The third-order valence-electron chi connectivity index (χ3n) is 3.83. The molecule has 0 aliphatic heterocycles. The number of aryl methyl sites for hydroxylation is 2. The molecule has 0 spiro atoms. The van der Waals surface area contributed by atoms with E-state index in [0.29, 0.717) is 13.0 Å². The first kappa shape index (κ1) is 15.5. The molecule has 1 heterocycles. The second-order valence-corrected chi connectivity index (χ2v) is 6.04. The average Bonchev–Trinajstić information content (AvgIpc) is 2.71. The third-order valence-corrected chi connectivity index (χ3v) is 3.83. The molecule has 1 aromatic heterocycles. The van der Waals surface area contributed by atoms with Gasteiger partial charge in [0.2, 0.25) is 5.91 Å². The molecule has 2 rings (SSSR count). The largest absolute Gasteiger partial charge is 0.368 e. The highest BCUT2D eigenvalue weighted by molar-refractivity contribution is 5.84. The highest BCUT2D eigenvalue weighted by Crippen LogP contribution is 2.19. The number of nitrogens with two attached hydrogens (primary N) is 1. The van der Waals surface area contributed by atoms with E-state index in [1.807, 2.05) is 52.0 Å². The zero-order valence-corrected chi connectivity index (χ0v) is 13.2. The van der Waals surface area contributed by atoms with Crippen LogP contribution in [-0.4, -0.2) is 27.0 Å². The maximum atomic E-state index is 11.8.